The van der Waals surface area contributed by atoms with Crippen molar-refractivity contribution in [2.75, 3.05) is 4.90 Å². The van der Waals surface area contributed by atoms with Gasteiger partial charge >= 0.3 is 0 Å². The van der Waals surface area contributed by atoms with Crippen LogP contribution in [0.25, 0.3) is 93.5 Å². The highest BCUT2D eigenvalue weighted by atomic mass is 15.2. The monoisotopic (exact) mass is 761 g/mol. The lowest BCUT2D eigenvalue weighted by Crippen LogP contribution is -2.26. The van der Waals surface area contributed by atoms with Gasteiger partial charge in [-0.3, -0.25) is 4.98 Å². The molecular formula is C57H35N3. The first-order valence-corrected chi connectivity index (χ1v) is 20.9. The Morgan fingerprint density at radius 3 is 2.13 bits per heavy atom. The third kappa shape index (κ3) is 4.21. The standard InChI is InChI=1S/C57H35N3/c1-2-15-35(16-3-1)51-43-22-7-6-20-41(43)48-31-37(32-58-54(48)51)36-17-12-18-38(30-36)60-55-39-19-5-4-14-34(39)28-29-47(55)52-44-23-8-9-24-46(44)56-53(57(52)60)45-26-13-25-40-42-21-10-11-27-50(42)59(56)33-49(40)45/h1-32,51H,33H2. The maximum Gasteiger partial charge on any atom is 0.0647 e. The molecule has 60 heavy (non-hydrogen) atoms. The summed E-state index contributed by atoms with van der Waals surface area (Å²) in [6.45, 7) is 0.850. The normalized spacial score (nSPS) is 14.4. The van der Waals surface area contributed by atoms with Gasteiger partial charge in [0.2, 0.25) is 0 Å². The summed E-state index contributed by atoms with van der Waals surface area (Å²) in [6.07, 6.45) is 2.09. The lowest BCUT2D eigenvalue weighted by molar-refractivity contribution is 0.953. The lowest BCUT2D eigenvalue weighted by atomic mass is 9.81. The number of rotatable bonds is 3. The summed E-state index contributed by atoms with van der Waals surface area (Å²) in [5, 5.41) is 7.60. The fraction of sp³-hybridized carbons (Fsp3) is 0.0351. The molecule has 2 aromatic heterocycles. The highest BCUT2D eigenvalue weighted by molar-refractivity contribution is 6.33. The first-order chi connectivity index (χ1) is 29.8. The molecule has 0 fully saturated rings. The number of hydrogen-bond donors (Lipinski definition) is 0. The molecule has 2 bridgehead atoms. The highest BCUT2D eigenvalue weighted by Gasteiger charge is 2.36. The van der Waals surface area contributed by atoms with E-state index in [-0.39, 0.29) is 5.92 Å². The van der Waals surface area contributed by atoms with E-state index in [0.717, 1.165) is 29.1 Å². The van der Waals surface area contributed by atoms with Crippen molar-refractivity contribution in [1.29, 1.82) is 0 Å². The summed E-state index contributed by atoms with van der Waals surface area (Å²) < 4.78 is 2.59. The number of pyridine rings is 1. The molecule has 2 aliphatic heterocycles. The fourth-order valence-corrected chi connectivity index (χ4v) is 11.2. The van der Waals surface area contributed by atoms with E-state index in [0.29, 0.717) is 0 Å². The van der Waals surface area contributed by atoms with Gasteiger partial charge in [-0.2, -0.15) is 0 Å². The van der Waals surface area contributed by atoms with Gasteiger partial charge in [0.15, 0.2) is 0 Å². The molecule has 0 spiro atoms. The van der Waals surface area contributed by atoms with Crippen molar-refractivity contribution < 1.29 is 0 Å². The van der Waals surface area contributed by atoms with Gasteiger partial charge in [-0.1, -0.05) is 164 Å². The number of anilines is 2. The molecule has 3 nitrogen and oxygen atoms in total. The second kappa shape index (κ2) is 11.9. The Balaban J connectivity index is 1.08. The Labute approximate surface area is 347 Å². The van der Waals surface area contributed by atoms with Gasteiger partial charge in [-0.05, 0) is 74.0 Å². The third-order valence-corrected chi connectivity index (χ3v) is 13.6. The summed E-state index contributed by atoms with van der Waals surface area (Å²) in [6, 6.07) is 69.7. The lowest BCUT2D eigenvalue weighted by Gasteiger charge is -2.40. The van der Waals surface area contributed by atoms with Gasteiger partial charge < -0.3 is 9.47 Å². The van der Waals surface area contributed by atoms with Crippen LogP contribution in [0.2, 0.25) is 0 Å². The zero-order chi connectivity index (χ0) is 39.1. The van der Waals surface area contributed by atoms with Crippen LogP contribution in [0.4, 0.5) is 11.4 Å². The van der Waals surface area contributed by atoms with Crippen LogP contribution in [0.1, 0.15) is 28.3 Å². The molecule has 9 aromatic carbocycles. The summed E-state index contributed by atoms with van der Waals surface area (Å²) >= 11 is 0. The number of fused-ring (bicyclic) bond motifs is 19. The average molecular weight is 762 g/mol. The summed E-state index contributed by atoms with van der Waals surface area (Å²) in [5.74, 6) is 0.117. The Bertz CT molecular complexity index is 3650. The number of aromatic nitrogens is 2. The Kier molecular flexibility index (Phi) is 6.40. The Morgan fingerprint density at radius 2 is 1.22 bits per heavy atom. The van der Waals surface area contributed by atoms with Gasteiger partial charge in [0.05, 0.1) is 28.3 Å². The largest absolute Gasteiger partial charge is 0.335 e. The molecule has 1 unspecified atom stereocenters. The molecule has 278 valence electrons. The smallest absolute Gasteiger partial charge is 0.0647 e. The van der Waals surface area contributed by atoms with Gasteiger partial charge in [0, 0.05) is 67.9 Å². The average Bonchev–Trinajstić information content (AvgIpc) is 3.85. The van der Waals surface area contributed by atoms with Crippen molar-refractivity contribution in [3.05, 3.63) is 217 Å². The summed E-state index contributed by atoms with van der Waals surface area (Å²) in [7, 11) is 0. The van der Waals surface area contributed by atoms with E-state index >= 15 is 0 Å². The van der Waals surface area contributed by atoms with Crippen molar-refractivity contribution >= 4 is 54.7 Å². The zero-order valence-electron chi connectivity index (χ0n) is 32.6. The number of benzene rings is 9. The first kappa shape index (κ1) is 32.2. The summed E-state index contributed by atoms with van der Waals surface area (Å²) in [5.41, 5.74) is 21.3. The van der Waals surface area contributed by atoms with Gasteiger partial charge in [-0.25, -0.2) is 0 Å². The van der Waals surface area contributed by atoms with E-state index in [1.807, 2.05) is 0 Å². The van der Waals surface area contributed by atoms with Crippen molar-refractivity contribution in [3.8, 4) is 50.2 Å². The summed E-state index contributed by atoms with van der Waals surface area (Å²) in [4.78, 5) is 7.88. The molecule has 0 N–H and O–H groups in total. The third-order valence-electron chi connectivity index (χ3n) is 13.6. The molecule has 0 amide bonds. The fourth-order valence-electron chi connectivity index (χ4n) is 11.2. The highest BCUT2D eigenvalue weighted by Crippen LogP contribution is 2.58. The SMILES string of the molecule is c1ccc(C2c3ccccc3-c3cc(-c4cccc(-n5c6c7c(c8ccccc8c6c6ccc8ccccc8c65)N5Cc6c(cccc6-7)-c6ccccc65)c4)cnc32)cc1. The van der Waals surface area contributed by atoms with Gasteiger partial charge in [0.25, 0.3) is 0 Å². The molecule has 0 saturated heterocycles. The first-order valence-electron chi connectivity index (χ1n) is 20.9. The van der Waals surface area contributed by atoms with Crippen LogP contribution in [-0.2, 0) is 6.54 Å². The van der Waals surface area contributed by atoms with Crippen LogP contribution < -0.4 is 4.90 Å². The molecular weight excluding hydrogens is 727 g/mol. The molecule has 1 aliphatic carbocycles. The second-order valence-electron chi connectivity index (χ2n) is 16.6. The van der Waals surface area contributed by atoms with E-state index in [2.05, 4.69) is 204 Å². The van der Waals surface area contributed by atoms with E-state index in [4.69, 9.17) is 4.98 Å². The minimum absolute atomic E-state index is 0.117. The van der Waals surface area contributed by atoms with Gasteiger partial charge in [0.1, 0.15) is 0 Å². The predicted octanol–water partition coefficient (Wildman–Crippen LogP) is 14.6. The molecule has 4 heterocycles. The molecule has 11 aromatic rings. The van der Waals surface area contributed by atoms with Crippen molar-refractivity contribution in [3.63, 3.8) is 0 Å². The maximum absolute atomic E-state index is 5.29. The van der Waals surface area contributed by atoms with E-state index in [1.54, 1.807) is 0 Å². The minimum atomic E-state index is 0.117. The van der Waals surface area contributed by atoms with Crippen LogP contribution in [0.5, 0.6) is 0 Å². The Hall–Kier alpha value is -7.75. The van der Waals surface area contributed by atoms with Crippen molar-refractivity contribution in [2.24, 2.45) is 0 Å². The number of nitrogens with zero attached hydrogens (tertiary/aromatic N) is 3. The van der Waals surface area contributed by atoms with E-state index < -0.39 is 0 Å². The van der Waals surface area contributed by atoms with Gasteiger partial charge in [-0.15, -0.1) is 0 Å². The number of hydrogen-bond acceptors (Lipinski definition) is 2. The quantitative estimate of drug-likeness (QED) is 0.179. The predicted molar refractivity (Wildman–Crippen MR) is 249 cm³/mol. The van der Waals surface area contributed by atoms with Crippen molar-refractivity contribution in [1.82, 2.24) is 9.55 Å². The molecule has 0 radical (unpaired) electrons. The second-order valence-corrected chi connectivity index (χ2v) is 16.6. The van der Waals surface area contributed by atoms with Crippen molar-refractivity contribution in [2.45, 2.75) is 12.5 Å². The number of para-hydroxylation sites is 1. The zero-order valence-corrected chi connectivity index (χ0v) is 32.6. The van der Waals surface area contributed by atoms with Crippen LogP contribution >= 0.6 is 0 Å². The Morgan fingerprint density at radius 1 is 0.483 bits per heavy atom. The van der Waals surface area contributed by atoms with Crippen LogP contribution in [0.15, 0.2) is 194 Å². The van der Waals surface area contributed by atoms with Crippen LogP contribution in [0.3, 0.4) is 0 Å². The molecule has 3 aliphatic rings. The van der Waals surface area contributed by atoms with E-state index in [9.17, 15) is 0 Å². The van der Waals surface area contributed by atoms with Crippen LogP contribution in [0, 0.1) is 0 Å². The maximum atomic E-state index is 5.29. The van der Waals surface area contributed by atoms with E-state index in [1.165, 1.54) is 105 Å². The molecule has 0 saturated carbocycles. The topological polar surface area (TPSA) is 21.1 Å². The molecule has 1 atom stereocenters. The minimum Gasteiger partial charge on any atom is -0.335 e. The molecule has 14 rings (SSSR count). The van der Waals surface area contributed by atoms with Crippen LogP contribution in [-0.4, -0.2) is 9.55 Å². The molecule has 3 heteroatoms.